The van der Waals surface area contributed by atoms with Gasteiger partial charge in [-0.25, -0.2) is 9.97 Å². The minimum absolute atomic E-state index is 0.0652. The van der Waals surface area contributed by atoms with Crippen molar-refractivity contribution in [1.82, 2.24) is 39.6 Å². The van der Waals surface area contributed by atoms with E-state index >= 15 is 0 Å². The predicted molar refractivity (Wildman–Crippen MR) is 227 cm³/mol. The van der Waals surface area contributed by atoms with Gasteiger partial charge in [0.1, 0.15) is 54.6 Å². The molecule has 2 amide bonds. The molecule has 20 heteroatoms. The number of carbonyl (C=O) groups excluding carboxylic acids is 4. The van der Waals surface area contributed by atoms with Gasteiger partial charge in [0.2, 0.25) is 21.6 Å². The van der Waals surface area contributed by atoms with Gasteiger partial charge in [-0.05, 0) is 23.0 Å². The zero-order valence-electron chi connectivity index (χ0n) is 35.3. The highest BCUT2D eigenvalue weighted by Crippen LogP contribution is 2.40. The van der Waals surface area contributed by atoms with Crippen molar-refractivity contribution >= 4 is 47.0 Å². The number of methoxy groups -OCH3 is 2. The first-order valence-electron chi connectivity index (χ1n) is 20.3. The highest BCUT2D eigenvalue weighted by Gasteiger charge is 2.45. The summed E-state index contributed by atoms with van der Waals surface area (Å²) in [5, 5.41) is 8.59. The average Bonchev–Trinajstić information content (AvgIpc) is 4.06. The first-order valence-corrected chi connectivity index (χ1v) is 21.0. The summed E-state index contributed by atoms with van der Waals surface area (Å²) in [6.45, 7) is 7.94. The highest BCUT2D eigenvalue weighted by molar-refractivity contribution is 6.32. The van der Waals surface area contributed by atoms with Crippen LogP contribution in [0, 0.1) is 34.7 Å². The molecule has 0 aliphatic carbocycles. The van der Waals surface area contributed by atoms with Crippen molar-refractivity contribution in [3.05, 3.63) is 70.5 Å². The van der Waals surface area contributed by atoms with Crippen LogP contribution in [-0.2, 0) is 28.7 Å². The molecule has 0 unspecified atom stereocenters. The largest absolute Gasteiger partial charge is 0.469 e. The van der Waals surface area contributed by atoms with Crippen LogP contribution in [0.1, 0.15) is 77.1 Å². The Bertz CT molecular complexity index is 2220. The van der Waals surface area contributed by atoms with Gasteiger partial charge in [-0.15, -0.1) is 0 Å². The molecule has 6 atom stereocenters. The third-order valence-corrected chi connectivity index (χ3v) is 12.2. The number of hydrogen-bond acceptors (Lipinski definition) is 12. The molecule has 4 heterocycles. The molecule has 0 radical (unpaired) electrons. The van der Waals surface area contributed by atoms with Crippen LogP contribution >= 0.6 is 23.2 Å². The van der Waals surface area contributed by atoms with E-state index in [1.54, 1.807) is 9.80 Å². The number of halogens is 2. The Morgan fingerprint density at radius 2 is 1.02 bits per heavy atom. The van der Waals surface area contributed by atoms with Crippen LogP contribution in [0.15, 0.2) is 58.8 Å². The van der Waals surface area contributed by atoms with Crippen LogP contribution in [0.4, 0.5) is 0 Å². The molecule has 2 fully saturated rings. The minimum atomic E-state index is -0.623. The Balaban J connectivity index is 1.20. The Morgan fingerprint density at radius 1 is 0.677 bits per heavy atom. The van der Waals surface area contributed by atoms with E-state index in [1.807, 2.05) is 76.2 Å². The van der Waals surface area contributed by atoms with Gasteiger partial charge in [0.05, 0.1) is 64.1 Å². The number of carbonyl (C=O) groups is 4. The van der Waals surface area contributed by atoms with Crippen molar-refractivity contribution in [3.8, 4) is 33.6 Å². The molecule has 6 rings (SSSR count). The fraction of sp³-hybridized carbons (Fsp3) is 0.476. The average molecular weight is 890 g/mol. The fourth-order valence-electron chi connectivity index (χ4n) is 8.21. The van der Waals surface area contributed by atoms with Crippen LogP contribution in [0.5, 0.6) is 0 Å². The minimum Gasteiger partial charge on any atom is -0.469 e. The second-order valence-electron chi connectivity index (χ2n) is 16.2. The Kier molecular flexibility index (Phi) is 14.5. The number of esters is 2. The lowest BCUT2D eigenvalue weighted by Gasteiger charge is -2.29. The monoisotopic (exact) mass is 888 g/mol. The zero-order valence-corrected chi connectivity index (χ0v) is 36.8. The second-order valence-corrected chi connectivity index (χ2v) is 17.0. The third-order valence-electron chi connectivity index (χ3n) is 11.7. The van der Waals surface area contributed by atoms with E-state index in [0.29, 0.717) is 46.2 Å². The topological polar surface area (TPSA) is 251 Å². The fourth-order valence-corrected chi connectivity index (χ4v) is 8.71. The molecule has 0 spiro atoms. The number of hydrogen-bond donors (Lipinski definition) is 4. The summed E-state index contributed by atoms with van der Waals surface area (Å²) < 4.78 is 9.72. The number of aromatic amines is 2. The van der Waals surface area contributed by atoms with Crippen LogP contribution in [0.25, 0.3) is 33.6 Å². The van der Waals surface area contributed by atoms with Crippen molar-refractivity contribution < 1.29 is 28.7 Å². The molecule has 2 saturated heterocycles. The quantitative estimate of drug-likeness (QED) is 0.0527. The van der Waals surface area contributed by atoms with Gasteiger partial charge >= 0.3 is 11.9 Å². The molecule has 2 aliphatic rings. The number of rotatable bonds is 15. The maximum Gasteiger partial charge on any atom is 0.306 e. The van der Waals surface area contributed by atoms with Crippen LogP contribution in [0.3, 0.4) is 0 Å². The zero-order chi connectivity index (χ0) is 44.8. The van der Waals surface area contributed by atoms with Crippen molar-refractivity contribution in [2.24, 2.45) is 33.9 Å². The maximum absolute atomic E-state index is 13.9. The SMILES string of the molecule is COC(=O)C[C@H](C(=O)N1C[C@H](N=[N+]=N)C[C@H]1c1nc(-c2ccc(-c3ccc(-c4nc([C@@H]5C[C@@H](N=[N+]=N)CN5C(=O)[C@@H](CC(=O)OC)C(C)C)[nH]c4Cl)cc3)cc2)c(Cl)[nH]1)C(C)C. The number of nitrogens with one attached hydrogen (secondary N) is 4. The number of likely N-dealkylation sites (tertiary alicyclic amines) is 2. The molecule has 2 aromatic carbocycles. The third kappa shape index (κ3) is 9.84. The van der Waals surface area contributed by atoms with Gasteiger partial charge in [-0.2, -0.15) is 0 Å². The molecule has 0 bridgehead atoms. The van der Waals surface area contributed by atoms with Gasteiger partial charge in [0, 0.05) is 24.0 Å². The van der Waals surface area contributed by atoms with Gasteiger partial charge in [0.25, 0.3) is 0 Å². The van der Waals surface area contributed by atoms with Crippen molar-refractivity contribution in [3.63, 3.8) is 0 Å². The van der Waals surface area contributed by atoms with Crippen molar-refractivity contribution in [2.45, 2.75) is 77.5 Å². The molecule has 18 nitrogen and oxygen atoms in total. The molecular weight excluding hydrogens is 839 g/mol. The summed E-state index contributed by atoms with van der Waals surface area (Å²) >= 11 is 13.5. The molecular formula is C42H50Cl2N12O6+2. The first-order chi connectivity index (χ1) is 29.7. The van der Waals surface area contributed by atoms with Gasteiger partial charge in [0.15, 0.2) is 12.1 Å². The Morgan fingerprint density at radius 3 is 1.32 bits per heavy atom. The summed E-state index contributed by atoms with van der Waals surface area (Å²) in [6, 6.07) is 13.5. The summed E-state index contributed by atoms with van der Waals surface area (Å²) in [5.74, 6) is -2.02. The van der Waals surface area contributed by atoms with Gasteiger partial charge < -0.3 is 29.2 Å². The molecule has 2 aliphatic heterocycles. The Labute approximate surface area is 367 Å². The number of benzene rings is 2. The normalized spacial score (nSPS) is 19.5. The highest BCUT2D eigenvalue weighted by atomic mass is 35.5. The number of aromatic nitrogens is 4. The summed E-state index contributed by atoms with van der Waals surface area (Å²) in [6.07, 6.45) is 0.612. The molecule has 62 heavy (non-hydrogen) atoms. The van der Waals surface area contributed by atoms with Crippen molar-refractivity contribution in [2.75, 3.05) is 27.3 Å². The molecule has 4 N–H and O–H groups in total. The lowest BCUT2D eigenvalue weighted by molar-refractivity contribution is -0.148. The van der Waals surface area contributed by atoms with Crippen molar-refractivity contribution in [1.29, 1.82) is 11.1 Å². The van der Waals surface area contributed by atoms with E-state index in [-0.39, 0.29) is 49.6 Å². The second kappa shape index (κ2) is 19.8. The molecule has 4 aromatic rings. The van der Waals surface area contributed by atoms with E-state index in [1.165, 1.54) is 14.2 Å². The number of imidazole rings is 2. The van der Waals surface area contributed by atoms with Crippen LogP contribution in [-0.4, -0.2) is 92.9 Å². The van der Waals surface area contributed by atoms with Crippen LogP contribution in [0.2, 0.25) is 10.3 Å². The van der Waals surface area contributed by atoms with E-state index in [4.69, 9.17) is 53.7 Å². The van der Waals surface area contributed by atoms with E-state index in [9.17, 15) is 19.2 Å². The summed E-state index contributed by atoms with van der Waals surface area (Å²) in [4.78, 5) is 77.9. The van der Waals surface area contributed by atoms with Gasteiger partial charge in [-0.3, -0.25) is 19.2 Å². The van der Waals surface area contributed by atoms with E-state index in [2.05, 4.69) is 30.0 Å². The smallest absolute Gasteiger partial charge is 0.306 e. The molecule has 0 saturated carbocycles. The summed E-state index contributed by atoms with van der Waals surface area (Å²) in [7, 11) is 2.59. The van der Waals surface area contributed by atoms with Gasteiger partial charge in [-0.1, -0.05) is 99.4 Å². The molecule has 326 valence electrons. The first kappa shape index (κ1) is 45.5. The number of nitrogens with zero attached hydrogens (tertiary/aromatic N) is 8. The number of ether oxygens (including phenoxy) is 2. The van der Waals surface area contributed by atoms with E-state index in [0.717, 1.165) is 22.3 Å². The lowest BCUT2D eigenvalue weighted by atomic mass is 9.90. The van der Waals surface area contributed by atoms with E-state index < -0.39 is 47.9 Å². The standard InChI is InChI=1S/C42H49Cl2N12O6/c1-21(2)29(17-33(57)61-5)41(59)55-19-27(51-53-45)15-31(55)39-47-35(37(43)49-39)25-11-7-23(8-12-25)24-9-13-26(14-10-24)36-38(44)50-40(48-36)32-16-28(52-54-46)20-56(32)42(60)30(22(3)4)18-34(58)62-6/h7-14,21-22,27-32,45H,15-20H2,1-6H3,(H2,46,52)/q+1/p+1/t27-,28-,29+,30+,31+,32+/m1/s1. The van der Waals surface area contributed by atoms with Crippen LogP contribution < -0.4 is 9.82 Å². The molecule has 2 aromatic heterocycles. The predicted octanol–water partition coefficient (Wildman–Crippen LogP) is 7.50. The maximum atomic E-state index is 13.9. The Hall–Kier alpha value is -6.06. The number of amides is 2. The summed E-state index contributed by atoms with van der Waals surface area (Å²) in [5.41, 5.74) is 18.9. The lowest BCUT2D eigenvalue weighted by Crippen LogP contribution is -2.39. The number of H-pyrrole nitrogens is 2.